The molecule has 2 N–H and O–H groups in total. The third-order valence-electron chi connectivity index (χ3n) is 3.68. The van der Waals surface area contributed by atoms with Crippen molar-refractivity contribution in [3.05, 3.63) is 59.2 Å². The maximum atomic E-state index is 9.98. The standard InChI is InChI=1S/C18H23NO2/c1-13-4-9-17(18(20)12-13)14(2)19-11-10-15-5-7-16(21-3)8-6-15/h4-9,12,14,19-20H,10-11H2,1-3H3. The molecule has 0 fully saturated rings. The van der Waals surface area contributed by atoms with Gasteiger partial charge in [0.15, 0.2) is 0 Å². The zero-order valence-electron chi connectivity index (χ0n) is 12.9. The molecule has 2 aromatic rings. The highest BCUT2D eigenvalue weighted by Crippen LogP contribution is 2.24. The van der Waals surface area contributed by atoms with E-state index in [1.165, 1.54) is 5.56 Å². The first-order valence-corrected chi connectivity index (χ1v) is 7.26. The molecular weight excluding hydrogens is 262 g/mol. The van der Waals surface area contributed by atoms with Crippen LogP contribution in [-0.2, 0) is 6.42 Å². The molecule has 0 aliphatic carbocycles. The predicted molar refractivity (Wildman–Crippen MR) is 86.0 cm³/mol. The third-order valence-corrected chi connectivity index (χ3v) is 3.68. The molecule has 112 valence electrons. The fraction of sp³-hybridized carbons (Fsp3) is 0.333. The lowest BCUT2D eigenvalue weighted by molar-refractivity contribution is 0.414. The number of phenols is 1. The van der Waals surface area contributed by atoms with Crippen molar-refractivity contribution in [2.24, 2.45) is 0 Å². The van der Waals surface area contributed by atoms with Crippen LogP contribution in [0.4, 0.5) is 0 Å². The lowest BCUT2D eigenvalue weighted by Crippen LogP contribution is -2.21. The number of hydrogen-bond donors (Lipinski definition) is 2. The van der Waals surface area contributed by atoms with Crippen molar-refractivity contribution in [2.45, 2.75) is 26.3 Å². The average molecular weight is 285 g/mol. The molecule has 0 spiro atoms. The zero-order chi connectivity index (χ0) is 15.2. The number of hydrogen-bond acceptors (Lipinski definition) is 3. The van der Waals surface area contributed by atoms with E-state index in [4.69, 9.17) is 4.74 Å². The Morgan fingerprint density at radius 2 is 1.86 bits per heavy atom. The molecular formula is C18H23NO2. The number of phenolic OH excluding ortho intramolecular Hbond substituents is 1. The number of rotatable bonds is 6. The minimum absolute atomic E-state index is 0.129. The summed E-state index contributed by atoms with van der Waals surface area (Å²) < 4.78 is 5.15. The van der Waals surface area contributed by atoms with Gasteiger partial charge in [0.25, 0.3) is 0 Å². The van der Waals surface area contributed by atoms with Crippen molar-refractivity contribution >= 4 is 0 Å². The second-order valence-electron chi connectivity index (χ2n) is 5.34. The van der Waals surface area contributed by atoms with Crippen LogP contribution in [-0.4, -0.2) is 18.8 Å². The molecule has 0 radical (unpaired) electrons. The first kappa shape index (κ1) is 15.4. The minimum Gasteiger partial charge on any atom is -0.508 e. The van der Waals surface area contributed by atoms with Gasteiger partial charge in [0.2, 0.25) is 0 Å². The van der Waals surface area contributed by atoms with Crippen LogP contribution >= 0.6 is 0 Å². The van der Waals surface area contributed by atoms with E-state index in [-0.39, 0.29) is 6.04 Å². The second kappa shape index (κ2) is 7.14. The maximum Gasteiger partial charge on any atom is 0.120 e. The summed E-state index contributed by atoms with van der Waals surface area (Å²) in [6.07, 6.45) is 0.945. The molecule has 0 saturated carbocycles. The summed E-state index contributed by atoms with van der Waals surface area (Å²) in [6, 6.07) is 14.0. The summed E-state index contributed by atoms with van der Waals surface area (Å²) in [5.74, 6) is 1.24. The number of benzene rings is 2. The largest absolute Gasteiger partial charge is 0.508 e. The van der Waals surface area contributed by atoms with Crippen molar-refractivity contribution in [3.63, 3.8) is 0 Å². The van der Waals surface area contributed by atoms with Gasteiger partial charge in [-0.2, -0.15) is 0 Å². The van der Waals surface area contributed by atoms with Gasteiger partial charge in [-0.3, -0.25) is 0 Å². The number of nitrogens with one attached hydrogen (secondary N) is 1. The van der Waals surface area contributed by atoms with Crippen LogP contribution in [0.25, 0.3) is 0 Å². The molecule has 0 aromatic heterocycles. The quantitative estimate of drug-likeness (QED) is 0.852. The van der Waals surface area contributed by atoms with Gasteiger partial charge in [-0.05, 0) is 56.1 Å². The number of ether oxygens (including phenoxy) is 1. The summed E-state index contributed by atoms with van der Waals surface area (Å²) in [5.41, 5.74) is 3.28. The molecule has 0 saturated heterocycles. The Morgan fingerprint density at radius 3 is 2.48 bits per heavy atom. The Morgan fingerprint density at radius 1 is 1.14 bits per heavy atom. The fourth-order valence-corrected chi connectivity index (χ4v) is 2.36. The molecule has 0 heterocycles. The highest BCUT2D eigenvalue weighted by molar-refractivity contribution is 5.37. The lowest BCUT2D eigenvalue weighted by atomic mass is 10.0. The molecule has 2 rings (SSSR count). The minimum atomic E-state index is 0.129. The number of aromatic hydroxyl groups is 1. The molecule has 1 unspecified atom stereocenters. The molecule has 0 aliphatic heterocycles. The van der Waals surface area contributed by atoms with E-state index >= 15 is 0 Å². The SMILES string of the molecule is COc1ccc(CCNC(C)c2ccc(C)cc2O)cc1. The summed E-state index contributed by atoms with van der Waals surface area (Å²) in [6.45, 7) is 4.91. The van der Waals surface area contributed by atoms with Crippen LogP contribution in [0.1, 0.15) is 29.7 Å². The normalized spacial score (nSPS) is 12.1. The van der Waals surface area contributed by atoms with Crippen molar-refractivity contribution in [1.29, 1.82) is 0 Å². The van der Waals surface area contributed by atoms with Crippen LogP contribution in [0.2, 0.25) is 0 Å². The summed E-state index contributed by atoms with van der Waals surface area (Å²) in [7, 11) is 1.67. The van der Waals surface area contributed by atoms with Gasteiger partial charge in [0.05, 0.1) is 7.11 Å². The molecule has 1 atom stereocenters. The summed E-state index contributed by atoms with van der Waals surface area (Å²) in [4.78, 5) is 0. The first-order chi connectivity index (χ1) is 10.1. The Bertz CT molecular complexity index is 578. The van der Waals surface area contributed by atoms with Crippen molar-refractivity contribution in [1.82, 2.24) is 5.32 Å². The molecule has 0 amide bonds. The predicted octanol–water partition coefficient (Wildman–Crippen LogP) is 3.60. The van der Waals surface area contributed by atoms with Gasteiger partial charge in [-0.1, -0.05) is 24.3 Å². The van der Waals surface area contributed by atoms with E-state index in [9.17, 15) is 5.11 Å². The van der Waals surface area contributed by atoms with Gasteiger partial charge in [-0.15, -0.1) is 0 Å². The van der Waals surface area contributed by atoms with Gasteiger partial charge < -0.3 is 15.2 Å². The van der Waals surface area contributed by atoms with E-state index in [0.29, 0.717) is 5.75 Å². The highest BCUT2D eigenvalue weighted by Gasteiger charge is 2.09. The lowest BCUT2D eigenvalue weighted by Gasteiger charge is -2.16. The Labute approximate surface area is 126 Å². The summed E-state index contributed by atoms with van der Waals surface area (Å²) >= 11 is 0. The fourth-order valence-electron chi connectivity index (χ4n) is 2.36. The van der Waals surface area contributed by atoms with Gasteiger partial charge in [0.1, 0.15) is 11.5 Å². The van der Waals surface area contributed by atoms with Crippen LogP contribution in [0.5, 0.6) is 11.5 Å². The van der Waals surface area contributed by atoms with Crippen LogP contribution in [0.3, 0.4) is 0 Å². The molecule has 3 heteroatoms. The van der Waals surface area contributed by atoms with Crippen LogP contribution in [0, 0.1) is 6.92 Å². The van der Waals surface area contributed by atoms with Crippen LogP contribution in [0.15, 0.2) is 42.5 Å². The Hall–Kier alpha value is -2.00. The molecule has 0 bridgehead atoms. The van der Waals surface area contributed by atoms with E-state index in [2.05, 4.69) is 24.4 Å². The Kier molecular flexibility index (Phi) is 5.23. The van der Waals surface area contributed by atoms with E-state index < -0.39 is 0 Å². The van der Waals surface area contributed by atoms with Crippen molar-refractivity contribution in [2.75, 3.05) is 13.7 Å². The smallest absolute Gasteiger partial charge is 0.120 e. The molecule has 3 nitrogen and oxygen atoms in total. The monoisotopic (exact) mass is 285 g/mol. The Balaban J connectivity index is 1.87. The van der Waals surface area contributed by atoms with Crippen molar-refractivity contribution in [3.8, 4) is 11.5 Å². The maximum absolute atomic E-state index is 9.98. The highest BCUT2D eigenvalue weighted by atomic mass is 16.5. The van der Waals surface area contributed by atoms with Crippen LogP contribution < -0.4 is 10.1 Å². The third kappa shape index (κ3) is 4.23. The molecule has 21 heavy (non-hydrogen) atoms. The molecule has 0 aliphatic rings. The van der Waals surface area contributed by atoms with Gasteiger partial charge >= 0.3 is 0 Å². The van der Waals surface area contributed by atoms with E-state index in [0.717, 1.165) is 29.8 Å². The molecule has 2 aromatic carbocycles. The topological polar surface area (TPSA) is 41.5 Å². The van der Waals surface area contributed by atoms with Gasteiger partial charge in [0, 0.05) is 11.6 Å². The van der Waals surface area contributed by atoms with Gasteiger partial charge in [-0.25, -0.2) is 0 Å². The average Bonchev–Trinajstić information content (AvgIpc) is 2.47. The summed E-state index contributed by atoms with van der Waals surface area (Å²) in [5, 5.41) is 13.4. The van der Waals surface area contributed by atoms with E-state index in [1.807, 2.05) is 31.2 Å². The first-order valence-electron chi connectivity index (χ1n) is 7.26. The van der Waals surface area contributed by atoms with Crippen molar-refractivity contribution < 1.29 is 9.84 Å². The number of methoxy groups -OCH3 is 1. The second-order valence-corrected chi connectivity index (χ2v) is 5.34. The number of aryl methyl sites for hydroxylation is 1. The zero-order valence-corrected chi connectivity index (χ0v) is 12.9. The van der Waals surface area contributed by atoms with E-state index in [1.54, 1.807) is 13.2 Å².